The fourth-order valence-corrected chi connectivity index (χ4v) is 2.61. The summed E-state index contributed by atoms with van der Waals surface area (Å²) in [6, 6.07) is 13.1. The molecular formula is C14H10ClN3OS. The number of aromatic nitrogens is 2. The highest BCUT2D eigenvalue weighted by molar-refractivity contribution is 7.17. The van der Waals surface area contributed by atoms with Crippen LogP contribution in [0.3, 0.4) is 0 Å². The lowest BCUT2D eigenvalue weighted by molar-refractivity contribution is 0.496. The van der Waals surface area contributed by atoms with Gasteiger partial charge in [0.15, 0.2) is 5.13 Å². The molecule has 0 bridgehead atoms. The van der Waals surface area contributed by atoms with Crippen LogP contribution in [0.15, 0.2) is 48.7 Å². The summed E-state index contributed by atoms with van der Waals surface area (Å²) in [5, 5.41) is 1.47. The van der Waals surface area contributed by atoms with Crippen LogP contribution < -0.4 is 10.5 Å². The molecule has 3 aromatic rings. The third-order valence-electron chi connectivity index (χ3n) is 2.57. The number of thiazole rings is 1. The predicted octanol–water partition coefficient (Wildman–Crippen LogP) is 4.23. The molecule has 4 nitrogen and oxygen atoms in total. The van der Waals surface area contributed by atoms with Gasteiger partial charge in [-0.3, -0.25) is 0 Å². The van der Waals surface area contributed by atoms with Crippen LogP contribution in [0.1, 0.15) is 0 Å². The van der Waals surface area contributed by atoms with Gasteiger partial charge in [0.2, 0.25) is 5.06 Å². The van der Waals surface area contributed by atoms with Gasteiger partial charge in [0.05, 0.1) is 0 Å². The van der Waals surface area contributed by atoms with Crippen LogP contribution in [0.5, 0.6) is 10.8 Å². The summed E-state index contributed by atoms with van der Waals surface area (Å²) in [6.45, 7) is 0. The van der Waals surface area contributed by atoms with E-state index in [1.54, 1.807) is 18.3 Å². The van der Waals surface area contributed by atoms with Gasteiger partial charge in [0, 0.05) is 17.8 Å². The number of hydrogen-bond donors (Lipinski definition) is 1. The maximum absolute atomic E-state index is 5.85. The predicted molar refractivity (Wildman–Crippen MR) is 81.3 cm³/mol. The molecule has 0 saturated heterocycles. The van der Waals surface area contributed by atoms with Crippen molar-refractivity contribution in [3.05, 3.63) is 53.8 Å². The minimum atomic E-state index is 0.376. The number of benzene rings is 1. The maximum atomic E-state index is 5.85. The van der Waals surface area contributed by atoms with Crippen LogP contribution >= 0.6 is 22.9 Å². The smallest absolute Gasteiger partial charge is 0.210 e. The second-order valence-corrected chi connectivity index (χ2v) is 5.35. The molecule has 6 heteroatoms. The third-order valence-corrected chi connectivity index (χ3v) is 3.54. The van der Waals surface area contributed by atoms with Gasteiger partial charge >= 0.3 is 0 Å². The van der Waals surface area contributed by atoms with E-state index in [1.165, 1.54) is 11.3 Å². The normalized spacial score (nSPS) is 10.4. The number of nitrogens with zero attached hydrogens (tertiary/aromatic N) is 2. The average molecular weight is 304 g/mol. The van der Waals surface area contributed by atoms with E-state index >= 15 is 0 Å². The van der Waals surface area contributed by atoms with Crippen molar-refractivity contribution in [2.45, 2.75) is 0 Å². The Kier molecular flexibility index (Phi) is 3.54. The second kappa shape index (κ2) is 5.48. The molecule has 0 fully saturated rings. The van der Waals surface area contributed by atoms with Crippen LogP contribution in [0.25, 0.3) is 11.3 Å². The largest absolute Gasteiger partial charge is 0.444 e. The lowest BCUT2D eigenvalue weighted by Gasteiger charge is -2.05. The van der Waals surface area contributed by atoms with Crippen molar-refractivity contribution in [3.63, 3.8) is 0 Å². The van der Waals surface area contributed by atoms with Crippen molar-refractivity contribution in [1.82, 2.24) is 9.97 Å². The minimum absolute atomic E-state index is 0.376. The van der Waals surface area contributed by atoms with Crippen LogP contribution in [-0.4, -0.2) is 9.97 Å². The quantitative estimate of drug-likeness (QED) is 0.735. The fraction of sp³-hybridized carbons (Fsp3) is 0. The van der Waals surface area contributed by atoms with Crippen molar-refractivity contribution in [2.24, 2.45) is 0 Å². The Hall–Kier alpha value is -2.11. The van der Waals surface area contributed by atoms with Crippen LogP contribution in [0, 0.1) is 0 Å². The second-order valence-electron chi connectivity index (χ2n) is 3.97. The molecule has 0 atom stereocenters. The summed E-state index contributed by atoms with van der Waals surface area (Å²) in [6.07, 6.45) is 1.59. The van der Waals surface area contributed by atoms with E-state index in [2.05, 4.69) is 9.97 Å². The molecular weight excluding hydrogens is 294 g/mol. The van der Waals surface area contributed by atoms with Gasteiger partial charge in [-0.05, 0) is 6.07 Å². The Bertz CT molecular complexity index is 730. The van der Waals surface area contributed by atoms with Gasteiger partial charge in [-0.15, -0.1) is 0 Å². The number of anilines is 1. The molecule has 0 radical (unpaired) electrons. The van der Waals surface area contributed by atoms with E-state index in [9.17, 15) is 0 Å². The molecule has 0 aliphatic carbocycles. The van der Waals surface area contributed by atoms with E-state index in [4.69, 9.17) is 22.1 Å². The lowest BCUT2D eigenvalue weighted by atomic mass is 10.2. The van der Waals surface area contributed by atoms with E-state index in [0.29, 0.717) is 21.1 Å². The summed E-state index contributed by atoms with van der Waals surface area (Å²) in [5.41, 5.74) is 7.47. The number of nitrogens with two attached hydrogens (primary N) is 1. The first-order valence-electron chi connectivity index (χ1n) is 5.83. The summed E-state index contributed by atoms with van der Waals surface area (Å²) in [4.78, 5) is 8.24. The van der Waals surface area contributed by atoms with Crippen molar-refractivity contribution < 1.29 is 4.74 Å². The minimum Gasteiger partial charge on any atom is -0.444 e. The van der Waals surface area contributed by atoms with Crippen LogP contribution in [0.4, 0.5) is 5.13 Å². The fourth-order valence-electron chi connectivity index (χ4n) is 1.72. The highest BCUT2D eigenvalue weighted by Crippen LogP contribution is 2.39. The van der Waals surface area contributed by atoms with Crippen molar-refractivity contribution in [3.8, 4) is 22.1 Å². The molecule has 0 unspecified atom stereocenters. The summed E-state index contributed by atoms with van der Waals surface area (Å²) in [7, 11) is 0. The topological polar surface area (TPSA) is 61.0 Å². The standard InChI is InChI=1S/C14H10ClN3OS/c15-11-8-10(6-7-17-11)19-13-12(18-14(16)20-13)9-4-2-1-3-5-9/h1-8H,(H2,16,18). The zero-order chi connectivity index (χ0) is 13.9. The number of halogens is 1. The molecule has 2 heterocycles. The summed E-state index contributed by atoms with van der Waals surface area (Å²) < 4.78 is 5.82. The van der Waals surface area contributed by atoms with Gasteiger partial charge in [-0.2, -0.15) is 0 Å². The number of rotatable bonds is 3. The van der Waals surface area contributed by atoms with Crippen LogP contribution in [0.2, 0.25) is 5.15 Å². The zero-order valence-corrected chi connectivity index (χ0v) is 11.9. The Morgan fingerprint density at radius 1 is 1.15 bits per heavy atom. The van der Waals surface area contributed by atoms with Crippen molar-refractivity contribution >= 4 is 28.1 Å². The van der Waals surface area contributed by atoms with Gasteiger partial charge in [-0.25, -0.2) is 9.97 Å². The molecule has 0 aliphatic heterocycles. The van der Waals surface area contributed by atoms with Gasteiger partial charge in [0.25, 0.3) is 0 Å². The molecule has 0 spiro atoms. The molecule has 100 valence electrons. The average Bonchev–Trinajstić information content (AvgIpc) is 2.80. The Labute approximate surface area is 124 Å². The van der Waals surface area contributed by atoms with E-state index < -0.39 is 0 Å². The molecule has 1 aromatic carbocycles. The monoisotopic (exact) mass is 303 g/mol. The first-order chi connectivity index (χ1) is 9.72. The van der Waals surface area contributed by atoms with Crippen LogP contribution in [-0.2, 0) is 0 Å². The van der Waals surface area contributed by atoms with Gasteiger partial charge < -0.3 is 10.5 Å². The highest BCUT2D eigenvalue weighted by atomic mass is 35.5. The lowest BCUT2D eigenvalue weighted by Crippen LogP contribution is -1.86. The summed E-state index contributed by atoms with van der Waals surface area (Å²) >= 11 is 7.14. The van der Waals surface area contributed by atoms with E-state index in [-0.39, 0.29) is 0 Å². The maximum Gasteiger partial charge on any atom is 0.210 e. The molecule has 2 aromatic heterocycles. The molecule has 20 heavy (non-hydrogen) atoms. The van der Waals surface area contributed by atoms with Gasteiger partial charge in [0.1, 0.15) is 16.6 Å². The first kappa shape index (κ1) is 12.9. The number of ether oxygens (including phenoxy) is 1. The number of hydrogen-bond acceptors (Lipinski definition) is 5. The first-order valence-corrected chi connectivity index (χ1v) is 7.03. The Morgan fingerprint density at radius 2 is 1.95 bits per heavy atom. The van der Waals surface area contributed by atoms with Crippen molar-refractivity contribution in [1.29, 1.82) is 0 Å². The van der Waals surface area contributed by atoms with Crippen molar-refractivity contribution in [2.75, 3.05) is 5.73 Å². The number of pyridine rings is 1. The van der Waals surface area contributed by atoms with E-state index in [0.717, 1.165) is 11.3 Å². The SMILES string of the molecule is Nc1nc(-c2ccccc2)c(Oc2ccnc(Cl)c2)s1. The number of nitrogen functional groups attached to an aromatic ring is 1. The summed E-state index contributed by atoms with van der Waals surface area (Å²) in [5.74, 6) is 0.603. The highest BCUT2D eigenvalue weighted by Gasteiger charge is 2.14. The molecule has 0 amide bonds. The Balaban J connectivity index is 1.98. The van der Waals surface area contributed by atoms with Gasteiger partial charge in [-0.1, -0.05) is 53.3 Å². The van der Waals surface area contributed by atoms with E-state index in [1.807, 2.05) is 30.3 Å². The molecule has 2 N–H and O–H groups in total. The third kappa shape index (κ3) is 2.74. The molecule has 0 aliphatic rings. The molecule has 0 saturated carbocycles. The molecule has 3 rings (SSSR count). The zero-order valence-electron chi connectivity index (χ0n) is 10.3. The Morgan fingerprint density at radius 3 is 2.70 bits per heavy atom.